The zero-order valence-electron chi connectivity index (χ0n) is 20.4. The Bertz CT molecular complexity index is 1530. The molecule has 2 heterocycles. The van der Waals surface area contributed by atoms with E-state index >= 15 is 0 Å². The molecule has 1 aliphatic heterocycles. The lowest BCUT2D eigenvalue weighted by Gasteiger charge is -2.40. The molecule has 5 atom stereocenters. The quantitative estimate of drug-likeness (QED) is 0.158. The summed E-state index contributed by atoms with van der Waals surface area (Å²) in [7, 11) is 1.35. The third kappa shape index (κ3) is 5.61. The van der Waals surface area contributed by atoms with Crippen LogP contribution in [-0.2, 0) is 23.9 Å². The number of methoxy groups -OCH3 is 1. The first-order valence-electron chi connectivity index (χ1n) is 11.4. The van der Waals surface area contributed by atoms with Gasteiger partial charge in [-0.1, -0.05) is 0 Å². The molecule has 6 N–H and O–H groups in total. The maximum atomic E-state index is 12.8. The number of aliphatic hydroxyl groups is 2. The zero-order valence-corrected chi connectivity index (χ0v) is 20.4. The number of carbonyl (C=O) groups is 3. The van der Waals surface area contributed by atoms with E-state index < -0.39 is 66.2 Å². The van der Waals surface area contributed by atoms with Crippen molar-refractivity contribution < 1.29 is 68.4 Å². The summed E-state index contributed by atoms with van der Waals surface area (Å²) in [5, 5.41) is 59.1. The molecule has 0 aliphatic carbocycles. The monoisotopic (exact) mass is 562 g/mol. The molecule has 0 bridgehead atoms. The molecule has 2 aromatic carbocycles. The van der Waals surface area contributed by atoms with Crippen LogP contribution in [0, 0.1) is 0 Å². The number of esters is 1. The molecule has 0 saturated carbocycles. The maximum Gasteiger partial charge on any atom is 0.335 e. The van der Waals surface area contributed by atoms with Crippen LogP contribution in [0.25, 0.3) is 22.3 Å². The maximum absolute atomic E-state index is 12.8. The van der Waals surface area contributed by atoms with Crippen LogP contribution in [0.5, 0.6) is 23.0 Å². The first-order valence-corrected chi connectivity index (χ1v) is 11.4. The minimum Gasteiger partial charge on any atom is -0.507 e. The van der Waals surface area contributed by atoms with E-state index in [-0.39, 0.29) is 39.5 Å². The van der Waals surface area contributed by atoms with Gasteiger partial charge >= 0.3 is 17.9 Å². The van der Waals surface area contributed by atoms with Crippen LogP contribution < -0.4 is 14.9 Å². The fourth-order valence-electron chi connectivity index (χ4n) is 4.01. The zero-order chi connectivity index (χ0) is 29.3. The van der Waals surface area contributed by atoms with Crippen molar-refractivity contribution in [3.8, 4) is 34.3 Å². The number of benzene rings is 2. The van der Waals surface area contributed by atoms with Gasteiger partial charge in [0.15, 0.2) is 29.1 Å². The Hall–Kier alpha value is -4.86. The summed E-state index contributed by atoms with van der Waals surface area (Å²) in [5.41, 5.74) is -0.626. The SMILES string of the molecule is COc1ccc(-c2cc(=O)c3c(O)cc(O[C@@H]4O[C@H](C(=O)O)[C@@H](O)[C@H](O)[C@H]4OC(=O)CC(=O)O)cc3o2)cc1O. The second-order valence-electron chi connectivity index (χ2n) is 8.56. The lowest BCUT2D eigenvalue weighted by atomic mass is 9.98. The van der Waals surface area contributed by atoms with E-state index in [0.717, 1.165) is 18.2 Å². The minimum atomic E-state index is -2.09. The van der Waals surface area contributed by atoms with Gasteiger partial charge in [-0.2, -0.15) is 0 Å². The Kier molecular flexibility index (Phi) is 7.81. The van der Waals surface area contributed by atoms with Gasteiger partial charge < -0.3 is 54.0 Å². The Balaban J connectivity index is 1.72. The van der Waals surface area contributed by atoms with Crippen LogP contribution in [-0.4, -0.2) is 86.4 Å². The third-order valence-electron chi connectivity index (χ3n) is 5.85. The second-order valence-corrected chi connectivity index (χ2v) is 8.56. The van der Waals surface area contributed by atoms with Gasteiger partial charge in [0, 0.05) is 23.8 Å². The molecule has 0 unspecified atom stereocenters. The van der Waals surface area contributed by atoms with Crippen molar-refractivity contribution >= 4 is 28.9 Å². The number of carbonyl (C=O) groups excluding carboxylic acids is 1. The summed E-state index contributed by atoms with van der Waals surface area (Å²) >= 11 is 0. The largest absolute Gasteiger partial charge is 0.507 e. The summed E-state index contributed by atoms with van der Waals surface area (Å²) in [6, 6.07) is 7.31. The lowest BCUT2D eigenvalue weighted by molar-refractivity contribution is -0.276. The van der Waals surface area contributed by atoms with Crippen molar-refractivity contribution in [2.24, 2.45) is 0 Å². The van der Waals surface area contributed by atoms with Crippen LogP contribution >= 0.6 is 0 Å². The Labute approximate surface area is 222 Å². The van der Waals surface area contributed by atoms with Crippen molar-refractivity contribution in [1.82, 2.24) is 0 Å². The van der Waals surface area contributed by atoms with Crippen molar-refractivity contribution in [3.05, 3.63) is 46.6 Å². The molecule has 15 nitrogen and oxygen atoms in total. The van der Waals surface area contributed by atoms with Crippen molar-refractivity contribution in [2.75, 3.05) is 7.11 Å². The van der Waals surface area contributed by atoms with Crippen LogP contribution in [0.3, 0.4) is 0 Å². The average molecular weight is 562 g/mol. The van der Waals surface area contributed by atoms with Gasteiger partial charge in [0.05, 0.1) is 7.11 Å². The molecule has 3 aromatic rings. The highest BCUT2D eigenvalue weighted by atomic mass is 16.7. The number of ether oxygens (including phenoxy) is 4. The summed E-state index contributed by atoms with van der Waals surface area (Å²) in [6.07, 6.45) is -11.2. The topological polar surface area (TPSA) is 240 Å². The molecule has 0 amide bonds. The Morgan fingerprint density at radius 3 is 2.33 bits per heavy atom. The summed E-state index contributed by atoms with van der Waals surface area (Å²) in [5.74, 6) is -5.66. The number of hydrogen-bond donors (Lipinski definition) is 6. The van der Waals surface area contributed by atoms with Gasteiger partial charge in [-0.15, -0.1) is 0 Å². The van der Waals surface area contributed by atoms with Gasteiger partial charge in [-0.3, -0.25) is 14.4 Å². The van der Waals surface area contributed by atoms with Crippen LogP contribution in [0.1, 0.15) is 6.42 Å². The van der Waals surface area contributed by atoms with Crippen molar-refractivity contribution in [3.63, 3.8) is 0 Å². The molecule has 4 rings (SSSR count). The highest BCUT2D eigenvalue weighted by Crippen LogP contribution is 2.35. The van der Waals surface area contributed by atoms with E-state index in [1.807, 2.05) is 0 Å². The molecule has 1 aromatic heterocycles. The molecule has 0 radical (unpaired) electrons. The predicted octanol–water partition coefficient (Wildman–Crippen LogP) is 0.176. The van der Waals surface area contributed by atoms with E-state index in [4.69, 9.17) is 28.5 Å². The number of phenols is 2. The molecular formula is C25H22O15. The molecule has 15 heteroatoms. The number of carboxylic acid groups (broad SMARTS) is 2. The third-order valence-corrected chi connectivity index (χ3v) is 5.85. The van der Waals surface area contributed by atoms with Gasteiger partial charge in [-0.05, 0) is 18.2 Å². The van der Waals surface area contributed by atoms with Gasteiger partial charge in [-0.25, -0.2) is 4.79 Å². The normalized spacial score (nSPS) is 22.4. The van der Waals surface area contributed by atoms with Gasteiger partial charge in [0.25, 0.3) is 0 Å². The number of fused-ring (bicyclic) bond motifs is 1. The Morgan fingerprint density at radius 1 is 0.975 bits per heavy atom. The van der Waals surface area contributed by atoms with Gasteiger partial charge in [0.1, 0.15) is 46.9 Å². The molecule has 212 valence electrons. The number of hydrogen-bond acceptors (Lipinski definition) is 13. The fraction of sp³-hybridized carbons (Fsp3) is 0.280. The number of rotatable bonds is 8. The van der Waals surface area contributed by atoms with E-state index in [1.165, 1.54) is 25.3 Å². The number of aromatic hydroxyl groups is 2. The number of carboxylic acids is 2. The highest BCUT2D eigenvalue weighted by Gasteiger charge is 2.51. The predicted molar refractivity (Wildman–Crippen MR) is 129 cm³/mol. The highest BCUT2D eigenvalue weighted by molar-refractivity contribution is 5.90. The van der Waals surface area contributed by atoms with Gasteiger partial charge in [0.2, 0.25) is 6.29 Å². The van der Waals surface area contributed by atoms with Crippen molar-refractivity contribution in [2.45, 2.75) is 37.1 Å². The average Bonchev–Trinajstić information content (AvgIpc) is 2.87. The van der Waals surface area contributed by atoms with Crippen LogP contribution in [0.2, 0.25) is 0 Å². The summed E-state index contributed by atoms with van der Waals surface area (Å²) < 4.78 is 26.3. The molecule has 40 heavy (non-hydrogen) atoms. The Morgan fingerprint density at radius 2 is 1.70 bits per heavy atom. The first-order chi connectivity index (χ1) is 18.9. The summed E-state index contributed by atoms with van der Waals surface area (Å²) in [6.45, 7) is 0. The van der Waals surface area contributed by atoms with Crippen molar-refractivity contribution in [1.29, 1.82) is 0 Å². The van der Waals surface area contributed by atoms with Crippen LogP contribution in [0.15, 0.2) is 45.6 Å². The number of phenolic OH excluding ortho intramolecular Hbond substituents is 2. The molecule has 1 saturated heterocycles. The van der Waals surface area contributed by atoms with E-state index in [0.29, 0.717) is 0 Å². The van der Waals surface area contributed by atoms with E-state index in [1.54, 1.807) is 0 Å². The number of aliphatic carboxylic acids is 2. The van der Waals surface area contributed by atoms with Crippen LogP contribution in [0.4, 0.5) is 0 Å². The van der Waals surface area contributed by atoms with E-state index in [9.17, 15) is 44.7 Å². The van der Waals surface area contributed by atoms with E-state index in [2.05, 4.69) is 0 Å². The number of aliphatic hydroxyl groups excluding tert-OH is 2. The smallest absolute Gasteiger partial charge is 0.335 e. The standard InChI is InChI=1S/C25H22O15/c1-36-14-3-2-9(4-11(14)26)15-7-13(28)19-12(27)5-10(6-16(19)38-15)37-25-23(39-18(31)8-17(29)30)21(33)20(32)22(40-25)24(34)35/h2-7,20-23,25-27,32-33H,8H2,1H3,(H,29,30)(H,34,35)/t20-,21-,22-,23+,25+/m0/s1. The molecule has 1 aliphatic rings. The fourth-order valence-corrected chi connectivity index (χ4v) is 4.01. The lowest BCUT2D eigenvalue weighted by Crippen LogP contribution is -2.62. The first kappa shape index (κ1) is 28.2. The molecule has 1 fully saturated rings. The second kappa shape index (κ2) is 11.1. The molecular weight excluding hydrogens is 540 g/mol. The summed E-state index contributed by atoms with van der Waals surface area (Å²) in [4.78, 5) is 47.1. The molecule has 0 spiro atoms. The minimum absolute atomic E-state index is 0.0223.